The van der Waals surface area contributed by atoms with Crippen LogP contribution in [-0.2, 0) is 4.74 Å². The van der Waals surface area contributed by atoms with Crippen LogP contribution in [0.4, 0.5) is 23.1 Å². The van der Waals surface area contributed by atoms with E-state index in [1.807, 2.05) is 12.3 Å². The molecule has 0 amide bonds. The third-order valence-corrected chi connectivity index (χ3v) is 7.56. The predicted molar refractivity (Wildman–Crippen MR) is 140 cm³/mol. The molecule has 3 saturated heterocycles. The van der Waals surface area contributed by atoms with Crippen LogP contribution in [0.1, 0.15) is 18.9 Å². The Labute approximate surface area is 207 Å². The van der Waals surface area contributed by atoms with Gasteiger partial charge < -0.3 is 19.9 Å². The smallest absolute Gasteiger partial charge is 0.227 e. The van der Waals surface area contributed by atoms with Crippen LogP contribution >= 0.6 is 0 Å². The Morgan fingerprint density at radius 3 is 2.63 bits per heavy atom. The van der Waals surface area contributed by atoms with Crippen LogP contribution in [0.25, 0.3) is 11.3 Å². The number of rotatable bonds is 6. The summed E-state index contributed by atoms with van der Waals surface area (Å²) in [6, 6.07) is 14.0. The summed E-state index contributed by atoms with van der Waals surface area (Å²) in [5, 5.41) is 3.39. The lowest BCUT2D eigenvalue weighted by atomic mass is 10.1. The molecule has 2 atom stereocenters. The Balaban J connectivity index is 1.15. The van der Waals surface area contributed by atoms with Crippen LogP contribution in [0, 0.1) is 6.92 Å². The van der Waals surface area contributed by atoms with Crippen LogP contribution in [0.3, 0.4) is 0 Å². The highest BCUT2D eigenvalue weighted by molar-refractivity contribution is 5.66. The van der Waals surface area contributed by atoms with Crippen molar-refractivity contribution < 1.29 is 4.74 Å². The lowest BCUT2D eigenvalue weighted by Gasteiger charge is -2.36. The molecule has 0 spiro atoms. The molecule has 1 aromatic carbocycles. The van der Waals surface area contributed by atoms with Crippen molar-refractivity contribution in [2.75, 3.05) is 61.1 Å². The number of nitrogens with one attached hydrogen (secondary N) is 1. The van der Waals surface area contributed by atoms with Crippen LogP contribution in [0.2, 0.25) is 0 Å². The van der Waals surface area contributed by atoms with Gasteiger partial charge in [-0.2, -0.15) is 0 Å². The van der Waals surface area contributed by atoms with E-state index < -0.39 is 0 Å². The number of fused-ring (bicyclic) bond motifs is 2. The van der Waals surface area contributed by atoms with E-state index in [0.29, 0.717) is 18.0 Å². The molecule has 0 unspecified atom stereocenters. The summed E-state index contributed by atoms with van der Waals surface area (Å²) >= 11 is 0. The molecule has 2 bridgehead atoms. The minimum absolute atomic E-state index is 0.589. The molecule has 8 nitrogen and oxygen atoms in total. The van der Waals surface area contributed by atoms with Gasteiger partial charge in [-0.3, -0.25) is 4.90 Å². The Kier molecular flexibility index (Phi) is 6.00. The average molecular weight is 472 g/mol. The number of morpholine rings is 1. The minimum Gasteiger partial charge on any atom is -0.378 e. The molecule has 0 aliphatic carbocycles. The van der Waals surface area contributed by atoms with Gasteiger partial charge in [-0.15, -0.1) is 0 Å². The molecule has 0 saturated carbocycles. The highest BCUT2D eigenvalue weighted by Gasteiger charge is 2.42. The van der Waals surface area contributed by atoms with Crippen molar-refractivity contribution in [1.29, 1.82) is 0 Å². The van der Waals surface area contributed by atoms with Gasteiger partial charge in [0.25, 0.3) is 0 Å². The molecule has 6 rings (SSSR count). The molecule has 3 aliphatic heterocycles. The zero-order valence-corrected chi connectivity index (χ0v) is 20.5. The molecule has 3 fully saturated rings. The second-order valence-corrected chi connectivity index (χ2v) is 9.68. The fourth-order valence-electron chi connectivity index (χ4n) is 5.71. The van der Waals surface area contributed by atoms with Crippen LogP contribution < -0.4 is 15.1 Å². The Bertz CT molecular complexity index is 1180. The maximum absolute atomic E-state index is 5.44. The number of piperazine rings is 1. The first-order chi connectivity index (χ1) is 17.2. The van der Waals surface area contributed by atoms with Crippen molar-refractivity contribution in [3.63, 3.8) is 0 Å². The molecule has 3 aliphatic rings. The standard InChI is InChI=1S/C27H33N7O/c1-3-32-17-23-15-22(32)18-34(23)25-6-5-21(14-19(25)2)30-27-28-9-8-24(31-27)20-4-7-26(29-16-20)33-10-12-35-13-11-33/h4-9,14,16,22-23H,3,10-13,15,17-18H2,1-2H3,(H,28,30,31)/t22-,23-/m0/s1. The third kappa shape index (κ3) is 4.44. The van der Waals surface area contributed by atoms with Gasteiger partial charge in [0.05, 0.1) is 18.9 Å². The number of aromatic nitrogens is 3. The van der Waals surface area contributed by atoms with Gasteiger partial charge in [0.2, 0.25) is 5.95 Å². The molecular formula is C27H33N7O. The van der Waals surface area contributed by atoms with E-state index in [-0.39, 0.29) is 0 Å². The van der Waals surface area contributed by atoms with Crippen molar-refractivity contribution in [1.82, 2.24) is 19.9 Å². The summed E-state index contributed by atoms with van der Waals surface area (Å²) < 4.78 is 5.44. The fraction of sp³-hybridized carbons (Fsp3) is 0.444. The van der Waals surface area contributed by atoms with E-state index in [0.717, 1.165) is 62.2 Å². The number of benzene rings is 1. The van der Waals surface area contributed by atoms with Crippen molar-refractivity contribution in [2.45, 2.75) is 32.4 Å². The van der Waals surface area contributed by atoms with E-state index in [2.05, 4.69) is 74.2 Å². The van der Waals surface area contributed by atoms with E-state index in [1.54, 1.807) is 6.20 Å². The Hall–Kier alpha value is -3.23. The Morgan fingerprint density at radius 2 is 1.91 bits per heavy atom. The number of likely N-dealkylation sites (tertiary alicyclic amines) is 1. The van der Waals surface area contributed by atoms with Gasteiger partial charge in [0.1, 0.15) is 5.82 Å². The SMILES string of the molecule is CCN1C[C@@H]2C[C@H]1CN2c1ccc(Nc2nccc(-c3ccc(N4CCOCC4)nc3)n2)cc1C. The monoisotopic (exact) mass is 471 g/mol. The molecule has 2 aromatic heterocycles. The van der Waals surface area contributed by atoms with Crippen LogP contribution in [0.15, 0.2) is 48.8 Å². The molecule has 35 heavy (non-hydrogen) atoms. The summed E-state index contributed by atoms with van der Waals surface area (Å²) in [6.07, 6.45) is 4.97. The molecule has 8 heteroatoms. The van der Waals surface area contributed by atoms with E-state index in [9.17, 15) is 0 Å². The average Bonchev–Trinajstić information content (AvgIpc) is 3.50. The lowest BCUT2D eigenvalue weighted by Crippen LogP contribution is -2.46. The summed E-state index contributed by atoms with van der Waals surface area (Å²) in [5.74, 6) is 1.57. The van der Waals surface area contributed by atoms with E-state index in [1.165, 1.54) is 24.2 Å². The second-order valence-electron chi connectivity index (χ2n) is 9.68. The molecule has 3 aromatic rings. The van der Waals surface area contributed by atoms with Crippen molar-refractivity contribution >= 4 is 23.1 Å². The number of likely N-dealkylation sites (N-methyl/N-ethyl adjacent to an activating group) is 1. The zero-order valence-electron chi connectivity index (χ0n) is 20.5. The number of anilines is 4. The van der Waals surface area contributed by atoms with Gasteiger partial charge in [0, 0.05) is 67.6 Å². The first-order valence-corrected chi connectivity index (χ1v) is 12.7. The number of ether oxygens (including phenoxy) is 1. The van der Waals surface area contributed by atoms with Gasteiger partial charge in [-0.05, 0) is 61.9 Å². The number of hydrogen-bond donors (Lipinski definition) is 1. The maximum atomic E-state index is 5.44. The number of pyridine rings is 1. The first-order valence-electron chi connectivity index (χ1n) is 12.7. The maximum Gasteiger partial charge on any atom is 0.227 e. The van der Waals surface area contributed by atoms with Crippen LogP contribution in [-0.4, -0.2) is 77.9 Å². The predicted octanol–water partition coefficient (Wildman–Crippen LogP) is 3.71. The van der Waals surface area contributed by atoms with Crippen LogP contribution in [0.5, 0.6) is 0 Å². The largest absolute Gasteiger partial charge is 0.378 e. The fourth-order valence-corrected chi connectivity index (χ4v) is 5.71. The number of nitrogens with zero attached hydrogens (tertiary/aromatic N) is 6. The molecule has 0 radical (unpaired) electrons. The quantitative estimate of drug-likeness (QED) is 0.584. The zero-order chi connectivity index (χ0) is 23.8. The molecule has 5 heterocycles. The number of hydrogen-bond acceptors (Lipinski definition) is 8. The highest BCUT2D eigenvalue weighted by atomic mass is 16.5. The summed E-state index contributed by atoms with van der Waals surface area (Å²) in [6.45, 7) is 11.2. The topological polar surface area (TPSA) is 69.7 Å². The minimum atomic E-state index is 0.589. The molecule has 182 valence electrons. The Morgan fingerprint density at radius 1 is 1.03 bits per heavy atom. The van der Waals surface area contributed by atoms with Gasteiger partial charge in [0.15, 0.2) is 0 Å². The molecule has 1 N–H and O–H groups in total. The van der Waals surface area contributed by atoms with Crippen molar-refractivity contribution in [3.05, 3.63) is 54.4 Å². The van der Waals surface area contributed by atoms with Crippen molar-refractivity contribution in [3.8, 4) is 11.3 Å². The highest BCUT2D eigenvalue weighted by Crippen LogP contribution is 2.36. The summed E-state index contributed by atoms with van der Waals surface area (Å²) in [5.41, 5.74) is 5.46. The van der Waals surface area contributed by atoms with E-state index in [4.69, 9.17) is 9.72 Å². The normalized spacial score (nSPS) is 22.1. The second kappa shape index (κ2) is 9.43. The summed E-state index contributed by atoms with van der Waals surface area (Å²) in [7, 11) is 0. The van der Waals surface area contributed by atoms with Gasteiger partial charge >= 0.3 is 0 Å². The summed E-state index contributed by atoms with van der Waals surface area (Å²) in [4.78, 5) is 21.3. The third-order valence-electron chi connectivity index (χ3n) is 7.56. The lowest BCUT2D eigenvalue weighted by molar-refractivity contribution is 0.122. The first kappa shape index (κ1) is 22.2. The van der Waals surface area contributed by atoms with Gasteiger partial charge in [-0.1, -0.05) is 6.92 Å². The molecular weight excluding hydrogens is 438 g/mol. The van der Waals surface area contributed by atoms with Gasteiger partial charge in [-0.25, -0.2) is 15.0 Å². The number of aryl methyl sites for hydroxylation is 1. The van der Waals surface area contributed by atoms with E-state index >= 15 is 0 Å². The van der Waals surface area contributed by atoms with Crippen molar-refractivity contribution in [2.24, 2.45) is 0 Å².